The van der Waals surface area contributed by atoms with E-state index in [1.807, 2.05) is 54.3 Å². The van der Waals surface area contributed by atoms with Gasteiger partial charge in [-0.25, -0.2) is 0 Å². The van der Waals surface area contributed by atoms with Crippen LogP contribution in [-0.4, -0.2) is 66.4 Å². The van der Waals surface area contributed by atoms with Crippen LogP contribution in [0.2, 0.25) is 0 Å². The third kappa shape index (κ3) is 4.62. The van der Waals surface area contributed by atoms with Crippen LogP contribution < -0.4 is 14.2 Å². The first kappa shape index (κ1) is 24.4. The number of likely N-dealkylation sites (N-methyl/N-ethyl adjacent to an activating group) is 1. The number of carbonyl (C=O) groups excluding carboxylic acids is 1. The van der Waals surface area contributed by atoms with Gasteiger partial charge < -0.3 is 24.2 Å². The van der Waals surface area contributed by atoms with E-state index < -0.39 is 17.9 Å². The summed E-state index contributed by atoms with van der Waals surface area (Å²) in [5.41, 5.74) is 1.74. The number of benzene rings is 2. The number of carboxylic acid groups (broad SMARTS) is 1. The third-order valence-corrected chi connectivity index (χ3v) is 7.93. The molecule has 2 aliphatic heterocycles. The van der Waals surface area contributed by atoms with Crippen LogP contribution >= 0.6 is 0 Å². The van der Waals surface area contributed by atoms with Crippen molar-refractivity contribution in [3.05, 3.63) is 53.6 Å². The van der Waals surface area contributed by atoms with Crippen molar-refractivity contribution < 1.29 is 28.9 Å². The number of ether oxygens (including phenoxy) is 3. The maximum atomic E-state index is 13.5. The fourth-order valence-electron chi connectivity index (χ4n) is 6.19. The van der Waals surface area contributed by atoms with Crippen LogP contribution in [0, 0.1) is 5.92 Å². The van der Waals surface area contributed by atoms with Crippen LogP contribution in [0.5, 0.6) is 17.2 Å². The fraction of sp³-hybridized carbons (Fsp3) is 0.500. The van der Waals surface area contributed by atoms with Gasteiger partial charge in [0.1, 0.15) is 5.75 Å². The molecular formula is C28H34N2O6. The Kier molecular flexibility index (Phi) is 7.05. The van der Waals surface area contributed by atoms with Gasteiger partial charge in [0.25, 0.3) is 0 Å². The predicted octanol–water partition coefficient (Wildman–Crippen LogP) is 4.06. The Hall–Kier alpha value is -3.26. The normalized spacial score (nSPS) is 23.7. The molecule has 3 unspecified atom stereocenters. The van der Waals surface area contributed by atoms with E-state index in [0.29, 0.717) is 30.3 Å². The first-order chi connectivity index (χ1) is 17.5. The topological polar surface area (TPSA) is 88.5 Å². The zero-order valence-electron chi connectivity index (χ0n) is 20.9. The number of nitrogens with zero attached hydrogens (tertiary/aromatic N) is 2. The lowest BCUT2D eigenvalue weighted by Crippen LogP contribution is -2.45. The van der Waals surface area contributed by atoms with Crippen LogP contribution in [0.4, 0.5) is 0 Å². The van der Waals surface area contributed by atoms with E-state index in [4.69, 9.17) is 14.2 Å². The largest absolute Gasteiger partial charge is 0.497 e. The van der Waals surface area contributed by atoms with Gasteiger partial charge in [-0.2, -0.15) is 0 Å². The molecule has 36 heavy (non-hydrogen) atoms. The molecule has 2 aromatic rings. The maximum Gasteiger partial charge on any atom is 0.309 e. The summed E-state index contributed by atoms with van der Waals surface area (Å²) in [5, 5.41) is 10.4. The minimum absolute atomic E-state index is 0.0680. The highest BCUT2D eigenvalue weighted by atomic mass is 16.7. The van der Waals surface area contributed by atoms with Gasteiger partial charge in [-0.05, 0) is 55.2 Å². The molecule has 1 aliphatic carbocycles. The maximum absolute atomic E-state index is 13.5. The molecule has 0 spiro atoms. The lowest BCUT2D eigenvalue weighted by molar-refractivity contribution is -0.144. The van der Waals surface area contributed by atoms with E-state index in [1.54, 1.807) is 7.11 Å². The summed E-state index contributed by atoms with van der Waals surface area (Å²) in [7, 11) is 1.60. The van der Waals surface area contributed by atoms with Crippen molar-refractivity contribution in [1.82, 2.24) is 9.80 Å². The Labute approximate surface area is 211 Å². The van der Waals surface area contributed by atoms with Gasteiger partial charge in [-0.15, -0.1) is 0 Å². The van der Waals surface area contributed by atoms with Crippen molar-refractivity contribution in [2.45, 2.75) is 50.6 Å². The molecule has 2 heterocycles. The van der Waals surface area contributed by atoms with Crippen molar-refractivity contribution in [2.75, 3.05) is 33.5 Å². The highest BCUT2D eigenvalue weighted by Gasteiger charge is 2.48. The molecule has 3 atom stereocenters. The summed E-state index contributed by atoms with van der Waals surface area (Å²) >= 11 is 0. The van der Waals surface area contributed by atoms with Crippen molar-refractivity contribution in [3.63, 3.8) is 0 Å². The molecule has 8 heteroatoms. The number of likely N-dealkylation sites (tertiary alicyclic amines) is 1. The predicted molar refractivity (Wildman–Crippen MR) is 133 cm³/mol. The summed E-state index contributed by atoms with van der Waals surface area (Å²) in [4.78, 5) is 30.3. The number of aliphatic carboxylic acids is 1. The Morgan fingerprint density at radius 2 is 1.75 bits per heavy atom. The van der Waals surface area contributed by atoms with Gasteiger partial charge in [0.15, 0.2) is 11.5 Å². The Morgan fingerprint density at radius 3 is 2.42 bits per heavy atom. The molecule has 1 amide bonds. The van der Waals surface area contributed by atoms with Crippen molar-refractivity contribution in [2.24, 2.45) is 5.92 Å². The Balaban J connectivity index is 1.49. The quantitative estimate of drug-likeness (QED) is 0.592. The minimum Gasteiger partial charge on any atom is -0.497 e. The van der Waals surface area contributed by atoms with Crippen LogP contribution in [0.3, 0.4) is 0 Å². The van der Waals surface area contributed by atoms with Crippen molar-refractivity contribution >= 4 is 11.9 Å². The lowest BCUT2D eigenvalue weighted by Gasteiger charge is -2.32. The number of methoxy groups -OCH3 is 1. The Bertz CT molecular complexity index is 1100. The van der Waals surface area contributed by atoms with Crippen molar-refractivity contribution in [3.8, 4) is 17.2 Å². The summed E-state index contributed by atoms with van der Waals surface area (Å²) in [6.45, 7) is 3.50. The van der Waals surface area contributed by atoms with E-state index in [9.17, 15) is 14.7 Å². The fourth-order valence-corrected chi connectivity index (χ4v) is 6.19. The van der Waals surface area contributed by atoms with Crippen LogP contribution in [-0.2, 0) is 9.59 Å². The minimum atomic E-state index is -0.878. The molecule has 3 aliphatic rings. The second-order valence-corrected chi connectivity index (χ2v) is 9.85. The summed E-state index contributed by atoms with van der Waals surface area (Å²) in [6.07, 6.45) is 4.39. The first-order valence-corrected chi connectivity index (χ1v) is 12.8. The van der Waals surface area contributed by atoms with Crippen molar-refractivity contribution in [1.29, 1.82) is 0 Å². The summed E-state index contributed by atoms with van der Waals surface area (Å²) < 4.78 is 16.3. The first-order valence-electron chi connectivity index (χ1n) is 12.8. The Morgan fingerprint density at radius 1 is 1.06 bits per heavy atom. The number of fused-ring (bicyclic) bond motifs is 1. The van der Waals surface area contributed by atoms with E-state index in [2.05, 4.69) is 4.90 Å². The van der Waals surface area contributed by atoms with Crippen LogP contribution in [0.25, 0.3) is 0 Å². The van der Waals surface area contributed by atoms with Gasteiger partial charge in [-0.1, -0.05) is 31.0 Å². The standard InChI is InChI=1S/C28H34N2O6/c1-3-30(20-6-4-5-7-20)25(31)16-29-15-22(19-10-13-23-24(14-19)36-17-35-23)26(28(32)33)27(29)18-8-11-21(34-2)12-9-18/h8-14,20,22,26-27H,3-7,15-17H2,1-2H3,(H,32,33). The molecule has 1 N–H and O–H groups in total. The zero-order chi connectivity index (χ0) is 25.2. The highest BCUT2D eigenvalue weighted by Crippen LogP contribution is 2.48. The molecule has 192 valence electrons. The molecule has 8 nitrogen and oxygen atoms in total. The third-order valence-electron chi connectivity index (χ3n) is 7.93. The second kappa shape index (κ2) is 10.4. The molecule has 1 saturated heterocycles. The number of amides is 1. The smallest absolute Gasteiger partial charge is 0.309 e. The molecule has 5 rings (SSSR count). The number of hydrogen-bond donors (Lipinski definition) is 1. The van der Waals surface area contributed by atoms with Crippen LogP contribution in [0.15, 0.2) is 42.5 Å². The van der Waals surface area contributed by atoms with E-state index in [0.717, 1.165) is 36.8 Å². The summed E-state index contributed by atoms with van der Waals surface area (Å²) in [6, 6.07) is 13.0. The number of carboxylic acids is 1. The average molecular weight is 495 g/mol. The van der Waals surface area contributed by atoms with Gasteiger partial charge in [0.05, 0.1) is 19.6 Å². The van der Waals surface area contributed by atoms with Gasteiger partial charge >= 0.3 is 5.97 Å². The lowest BCUT2D eigenvalue weighted by atomic mass is 9.82. The van der Waals surface area contributed by atoms with Gasteiger partial charge in [0.2, 0.25) is 12.7 Å². The average Bonchev–Trinajstić information content (AvgIpc) is 3.64. The molecule has 2 aromatic carbocycles. The summed E-state index contributed by atoms with van der Waals surface area (Å²) in [5.74, 6) is 0.154. The molecular weight excluding hydrogens is 460 g/mol. The number of rotatable bonds is 8. The van der Waals surface area contributed by atoms with Gasteiger partial charge in [0, 0.05) is 31.1 Å². The van der Waals surface area contributed by atoms with E-state index in [1.165, 1.54) is 0 Å². The molecule has 2 fully saturated rings. The molecule has 0 aromatic heterocycles. The molecule has 0 radical (unpaired) electrons. The highest BCUT2D eigenvalue weighted by molar-refractivity contribution is 5.79. The monoisotopic (exact) mass is 494 g/mol. The number of hydrogen-bond acceptors (Lipinski definition) is 6. The zero-order valence-corrected chi connectivity index (χ0v) is 20.9. The van der Waals surface area contributed by atoms with Crippen LogP contribution in [0.1, 0.15) is 55.7 Å². The number of carbonyl (C=O) groups is 2. The van der Waals surface area contributed by atoms with Gasteiger partial charge in [-0.3, -0.25) is 14.5 Å². The molecule has 0 bridgehead atoms. The SMILES string of the molecule is CCN(C(=O)CN1CC(c2ccc3c(c2)OCO3)C(C(=O)O)C1c1ccc(OC)cc1)C1CCCC1. The van der Waals surface area contributed by atoms with E-state index >= 15 is 0 Å². The van der Waals surface area contributed by atoms with E-state index in [-0.39, 0.29) is 31.2 Å². The molecule has 1 saturated carbocycles. The second-order valence-electron chi connectivity index (χ2n) is 9.85.